The molecule has 0 saturated carbocycles. The summed E-state index contributed by atoms with van der Waals surface area (Å²) in [5, 5.41) is 8.80. The molecule has 0 fully saturated rings. The number of hydrogen-bond acceptors (Lipinski definition) is 2. The van der Waals surface area contributed by atoms with Gasteiger partial charge in [0, 0.05) is 25.2 Å². The maximum absolute atomic E-state index is 12.5. The van der Waals surface area contributed by atoms with Gasteiger partial charge in [-0.1, -0.05) is 13.8 Å². The van der Waals surface area contributed by atoms with E-state index in [9.17, 15) is 9.59 Å². The van der Waals surface area contributed by atoms with Gasteiger partial charge in [-0.05, 0) is 33.6 Å². The summed E-state index contributed by atoms with van der Waals surface area (Å²) in [6.07, 6.45) is 1.79. The van der Waals surface area contributed by atoms with E-state index in [2.05, 4.69) is 0 Å². The van der Waals surface area contributed by atoms with Gasteiger partial charge in [0.1, 0.15) is 0 Å². The average molecular weight is 272 g/mol. The maximum Gasteiger partial charge on any atom is 0.320 e. The molecule has 5 nitrogen and oxygen atoms in total. The zero-order chi connectivity index (χ0) is 15.1. The van der Waals surface area contributed by atoms with Gasteiger partial charge < -0.3 is 14.9 Å². The van der Waals surface area contributed by atoms with Crippen LogP contribution in [0.5, 0.6) is 0 Å². The fourth-order valence-electron chi connectivity index (χ4n) is 1.94. The zero-order valence-corrected chi connectivity index (χ0v) is 12.9. The second-order valence-electron chi connectivity index (χ2n) is 5.74. The third-order valence-corrected chi connectivity index (χ3v) is 2.85. The van der Waals surface area contributed by atoms with Crippen LogP contribution in [0.25, 0.3) is 0 Å². The molecular formula is C14H28N2O3. The van der Waals surface area contributed by atoms with Crippen LogP contribution < -0.4 is 0 Å². The summed E-state index contributed by atoms with van der Waals surface area (Å²) in [6.45, 7) is 11.6. The molecular weight excluding hydrogens is 244 g/mol. The molecule has 0 bridgehead atoms. The summed E-state index contributed by atoms with van der Waals surface area (Å²) in [5.41, 5.74) is -0.369. The third-order valence-electron chi connectivity index (χ3n) is 2.85. The Morgan fingerprint density at radius 2 is 1.47 bits per heavy atom. The number of nitrogens with zero attached hydrogens (tertiary/aromatic N) is 2. The molecule has 0 aliphatic rings. The number of amides is 2. The van der Waals surface area contributed by atoms with Crippen LogP contribution in [-0.2, 0) is 4.79 Å². The van der Waals surface area contributed by atoms with Crippen LogP contribution in [0.3, 0.4) is 0 Å². The summed E-state index contributed by atoms with van der Waals surface area (Å²) in [4.78, 5) is 26.7. The van der Waals surface area contributed by atoms with Crippen molar-refractivity contribution in [1.29, 1.82) is 0 Å². The van der Waals surface area contributed by atoms with Crippen LogP contribution in [0.1, 0.15) is 53.9 Å². The van der Waals surface area contributed by atoms with E-state index in [0.717, 1.165) is 12.8 Å². The van der Waals surface area contributed by atoms with Gasteiger partial charge >= 0.3 is 12.0 Å². The zero-order valence-electron chi connectivity index (χ0n) is 12.9. The summed E-state index contributed by atoms with van der Waals surface area (Å²) >= 11 is 0. The molecule has 0 aliphatic heterocycles. The Labute approximate surface area is 116 Å². The molecule has 0 aromatic heterocycles. The monoisotopic (exact) mass is 272 g/mol. The molecule has 0 aromatic carbocycles. The molecule has 0 heterocycles. The Balaban J connectivity index is 4.90. The summed E-state index contributed by atoms with van der Waals surface area (Å²) in [5.74, 6) is -0.875. The highest BCUT2D eigenvalue weighted by molar-refractivity contribution is 5.76. The molecule has 0 unspecified atom stereocenters. The van der Waals surface area contributed by atoms with Crippen LogP contribution in [0, 0.1) is 0 Å². The first-order chi connectivity index (χ1) is 8.73. The van der Waals surface area contributed by atoms with Crippen molar-refractivity contribution in [2.24, 2.45) is 0 Å². The lowest BCUT2D eigenvalue weighted by atomic mass is 10.1. The van der Waals surface area contributed by atoms with E-state index in [1.807, 2.05) is 39.5 Å². The van der Waals surface area contributed by atoms with Gasteiger partial charge in [-0.25, -0.2) is 4.79 Å². The molecule has 2 amide bonds. The van der Waals surface area contributed by atoms with Gasteiger partial charge in [0.25, 0.3) is 0 Å². The number of carbonyl (C=O) groups excluding carboxylic acids is 1. The number of aliphatic carboxylic acids is 1. The van der Waals surface area contributed by atoms with Crippen molar-refractivity contribution in [2.75, 3.05) is 19.6 Å². The Morgan fingerprint density at radius 1 is 1.00 bits per heavy atom. The van der Waals surface area contributed by atoms with Gasteiger partial charge in [-0.15, -0.1) is 0 Å². The number of carboxylic acids is 1. The quantitative estimate of drug-likeness (QED) is 0.775. The average Bonchev–Trinajstić information content (AvgIpc) is 2.26. The van der Waals surface area contributed by atoms with Crippen molar-refractivity contribution >= 4 is 12.0 Å². The van der Waals surface area contributed by atoms with E-state index in [0.29, 0.717) is 13.1 Å². The Morgan fingerprint density at radius 3 is 1.79 bits per heavy atom. The summed E-state index contributed by atoms with van der Waals surface area (Å²) in [6, 6.07) is -0.0579. The highest BCUT2D eigenvalue weighted by Crippen LogP contribution is 2.17. The number of urea groups is 1. The van der Waals surface area contributed by atoms with Crippen molar-refractivity contribution in [3.05, 3.63) is 0 Å². The minimum atomic E-state index is -0.875. The largest absolute Gasteiger partial charge is 0.481 e. The Hall–Kier alpha value is -1.26. The second kappa shape index (κ2) is 8.02. The molecule has 0 atom stereocenters. The van der Waals surface area contributed by atoms with Crippen LogP contribution in [0.15, 0.2) is 0 Å². The Kier molecular flexibility index (Phi) is 7.49. The van der Waals surface area contributed by atoms with Gasteiger partial charge in [-0.2, -0.15) is 0 Å². The first kappa shape index (κ1) is 17.7. The van der Waals surface area contributed by atoms with Gasteiger partial charge in [0.15, 0.2) is 0 Å². The molecule has 0 rings (SSSR count). The van der Waals surface area contributed by atoms with E-state index in [-0.39, 0.29) is 24.5 Å². The molecule has 1 N–H and O–H groups in total. The molecule has 0 spiro atoms. The van der Waals surface area contributed by atoms with Crippen LogP contribution in [-0.4, -0.2) is 52.1 Å². The predicted molar refractivity (Wildman–Crippen MR) is 76.3 cm³/mol. The van der Waals surface area contributed by atoms with E-state index >= 15 is 0 Å². The van der Waals surface area contributed by atoms with Crippen molar-refractivity contribution in [2.45, 2.75) is 59.4 Å². The highest BCUT2D eigenvalue weighted by Gasteiger charge is 2.29. The van der Waals surface area contributed by atoms with Gasteiger partial charge in [0.2, 0.25) is 0 Å². The first-order valence-electron chi connectivity index (χ1n) is 7.02. The fourth-order valence-corrected chi connectivity index (χ4v) is 1.94. The molecule has 0 radical (unpaired) electrons. The SMILES string of the molecule is CCCN(CCC)C(=O)N(CCC(=O)O)C(C)(C)C. The lowest BCUT2D eigenvalue weighted by Crippen LogP contribution is -2.52. The molecule has 5 heteroatoms. The number of hydrogen-bond donors (Lipinski definition) is 1. The smallest absolute Gasteiger partial charge is 0.320 e. The highest BCUT2D eigenvalue weighted by atomic mass is 16.4. The van der Waals surface area contributed by atoms with E-state index in [1.54, 1.807) is 4.90 Å². The topological polar surface area (TPSA) is 60.9 Å². The van der Waals surface area contributed by atoms with Crippen molar-refractivity contribution < 1.29 is 14.7 Å². The summed E-state index contributed by atoms with van der Waals surface area (Å²) in [7, 11) is 0. The summed E-state index contributed by atoms with van der Waals surface area (Å²) < 4.78 is 0. The van der Waals surface area contributed by atoms with E-state index in [4.69, 9.17) is 5.11 Å². The van der Waals surface area contributed by atoms with E-state index < -0.39 is 5.97 Å². The van der Waals surface area contributed by atoms with Crippen LogP contribution in [0.2, 0.25) is 0 Å². The molecule has 0 aromatic rings. The fraction of sp³-hybridized carbons (Fsp3) is 0.857. The maximum atomic E-state index is 12.5. The molecule has 0 saturated heterocycles. The number of rotatable bonds is 7. The van der Waals surface area contributed by atoms with Gasteiger partial charge in [-0.3, -0.25) is 4.79 Å². The molecule has 112 valence electrons. The van der Waals surface area contributed by atoms with Gasteiger partial charge in [0.05, 0.1) is 6.42 Å². The molecule has 19 heavy (non-hydrogen) atoms. The van der Waals surface area contributed by atoms with Crippen molar-refractivity contribution in [3.8, 4) is 0 Å². The third kappa shape index (κ3) is 6.45. The van der Waals surface area contributed by atoms with Crippen LogP contribution in [0.4, 0.5) is 4.79 Å². The number of carbonyl (C=O) groups is 2. The predicted octanol–water partition coefficient (Wildman–Crippen LogP) is 2.80. The lowest BCUT2D eigenvalue weighted by Gasteiger charge is -2.39. The van der Waals surface area contributed by atoms with E-state index in [1.165, 1.54) is 0 Å². The lowest BCUT2D eigenvalue weighted by molar-refractivity contribution is -0.137. The second-order valence-corrected chi connectivity index (χ2v) is 5.74. The van der Waals surface area contributed by atoms with Crippen LogP contribution >= 0.6 is 0 Å². The van der Waals surface area contributed by atoms with Crippen molar-refractivity contribution in [1.82, 2.24) is 9.80 Å². The minimum Gasteiger partial charge on any atom is -0.481 e. The normalized spacial score (nSPS) is 11.2. The number of carboxylic acid groups (broad SMARTS) is 1. The molecule has 0 aliphatic carbocycles. The van der Waals surface area contributed by atoms with Crippen molar-refractivity contribution in [3.63, 3.8) is 0 Å². The minimum absolute atomic E-state index is 0.0188. The Bertz CT molecular complexity index is 292. The first-order valence-corrected chi connectivity index (χ1v) is 7.02. The standard InChI is InChI=1S/C14H28N2O3/c1-6-9-15(10-7-2)13(19)16(14(3,4)5)11-8-12(17)18/h6-11H2,1-5H3,(H,17,18).